The minimum atomic E-state index is -0.336. The molecule has 3 heterocycles. The maximum absolute atomic E-state index is 13.6. The van der Waals surface area contributed by atoms with Crippen molar-refractivity contribution in [2.24, 2.45) is 5.92 Å². The number of rotatable bonds is 6. The zero-order chi connectivity index (χ0) is 25.5. The van der Waals surface area contributed by atoms with Gasteiger partial charge in [0.2, 0.25) is 5.88 Å². The Labute approximate surface area is 212 Å². The van der Waals surface area contributed by atoms with Gasteiger partial charge in [0, 0.05) is 43.5 Å². The van der Waals surface area contributed by atoms with Gasteiger partial charge in [-0.1, -0.05) is 49.2 Å². The number of amides is 1. The van der Waals surface area contributed by atoms with Gasteiger partial charge in [-0.3, -0.25) is 9.69 Å². The fourth-order valence-electron chi connectivity index (χ4n) is 4.23. The molecule has 1 N–H and O–H groups in total. The van der Waals surface area contributed by atoms with Crippen LogP contribution in [0.25, 0.3) is 0 Å². The van der Waals surface area contributed by atoms with Crippen LogP contribution in [0.2, 0.25) is 0 Å². The summed E-state index contributed by atoms with van der Waals surface area (Å²) >= 11 is 0. The summed E-state index contributed by atoms with van der Waals surface area (Å²) in [4.78, 5) is 26.2. The Morgan fingerprint density at radius 3 is 2.67 bits per heavy atom. The maximum Gasteiger partial charge on any atom is 0.259 e. The molecule has 1 amide bonds. The summed E-state index contributed by atoms with van der Waals surface area (Å²) in [5.74, 6) is 6.16. The number of fused-ring (bicyclic) bond motifs is 1. The van der Waals surface area contributed by atoms with E-state index in [4.69, 9.17) is 4.74 Å². The van der Waals surface area contributed by atoms with Gasteiger partial charge >= 0.3 is 0 Å². The molecule has 0 saturated heterocycles. The molecule has 0 fully saturated rings. The predicted octanol–water partition coefficient (Wildman–Crippen LogP) is 3.23. The van der Waals surface area contributed by atoms with Gasteiger partial charge < -0.3 is 14.7 Å². The summed E-state index contributed by atoms with van der Waals surface area (Å²) in [5, 5.41) is 9.86. The highest BCUT2D eigenvalue weighted by molar-refractivity contribution is 5.97. The van der Waals surface area contributed by atoms with Crippen LogP contribution in [0, 0.1) is 17.8 Å². The lowest BCUT2D eigenvalue weighted by atomic mass is 9.99. The van der Waals surface area contributed by atoms with E-state index in [1.54, 1.807) is 23.4 Å². The summed E-state index contributed by atoms with van der Waals surface area (Å²) in [5.41, 5.74) is 2.81. The minimum Gasteiger partial charge on any atom is -0.472 e. The van der Waals surface area contributed by atoms with Gasteiger partial charge in [0.05, 0.1) is 12.6 Å². The van der Waals surface area contributed by atoms with Crippen LogP contribution in [0.3, 0.4) is 0 Å². The van der Waals surface area contributed by atoms with Crippen molar-refractivity contribution >= 4 is 5.91 Å². The number of benzene rings is 1. The average Bonchev–Trinajstić information content (AvgIpc) is 2.90. The SMILES string of the molecule is C[C@H]1CN([C@@H](C)CO)C(=O)c2cc(C#Cc3ccccn3)cnc2O[C@@H]1CN(C)Cc1ccccc1. The Kier molecular flexibility index (Phi) is 8.32. The second-order valence-electron chi connectivity index (χ2n) is 9.35. The molecule has 0 radical (unpaired) electrons. The molecule has 1 aliphatic rings. The first kappa shape index (κ1) is 25.4. The zero-order valence-electron chi connectivity index (χ0n) is 21.0. The summed E-state index contributed by atoms with van der Waals surface area (Å²) in [7, 11) is 2.06. The highest BCUT2D eigenvalue weighted by Gasteiger charge is 2.34. The van der Waals surface area contributed by atoms with Crippen molar-refractivity contribution in [1.82, 2.24) is 19.8 Å². The topological polar surface area (TPSA) is 78.8 Å². The van der Waals surface area contributed by atoms with Crippen LogP contribution in [-0.4, -0.2) is 69.7 Å². The van der Waals surface area contributed by atoms with Gasteiger partial charge in [0.1, 0.15) is 17.4 Å². The molecule has 7 nitrogen and oxygen atoms in total. The summed E-state index contributed by atoms with van der Waals surface area (Å²) in [6, 6.07) is 17.2. The zero-order valence-corrected chi connectivity index (χ0v) is 21.0. The normalized spacial score (nSPS) is 18.4. The van der Waals surface area contributed by atoms with Gasteiger partial charge in [-0.05, 0) is 43.7 Å². The third kappa shape index (κ3) is 6.28. The van der Waals surface area contributed by atoms with Gasteiger partial charge in [-0.2, -0.15) is 0 Å². The molecule has 0 aliphatic carbocycles. The van der Waals surface area contributed by atoms with Crippen LogP contribution in [0.5, 0.6) is 5.88 Å². The van der Waals surface area contributed by atoms with Crippen LogP contribution in [-0.2, 0) is 6.54 Å². The Bertz CT molecular complexity index is 1220. The smallest absolute Gasteiger partial charge is 0.259 e. The fraction of sp³-hybridized carbons (Fsp3) is 0.345. The monoisotopic (exact) mass is 484 g/mol. The van der Waals surface area contributed by atoms with E-state index in [0.29, 0.717) is 35.8 Å². The third-order valence-corrected chi connectivity index (χ3v) is 6.31. The van der Waals surface area contributed by atoms with Crippen molar-refractivity contribution in [3.05, 3.63) is 89.4 Å². The number of likely N-dealkylation sites (N-methyl/N-ethyl adjacent to an activating group) is 1. The molecule has 7 heteroatoms. The Morgan fingerprint density at radius 1 is 1.17 bits per heavy atom. The molecule has 0 bridgehead atoms. The number of pyridine rings is 2. The van der Waals surface area contributed by atoms with Crippen molar-refractivity contribution in [3.8, 4) is 17.7 Å². The van der Waals surface area contributed by atoms with E-state index in [1.165, 1.54) is 5.56 Å². The van der Waals surface area contributed by atoms with E-state index in [1.807, 2.05) is 43.3 Å². The molecule has 3 atom stereocenters. The molecule has 1 aromatic carbocycles. The van der Waals surface area contributed by atoms with Gasteiger partial charge in [-0.15, -0.1) is 0 Å². The van der Waals surface area contributed by atoms with Crippen molar-refractivity contribution < 1.29 is 14.6 Å². The van der Waals surface area contributed by atoms with Crippen LogP contribution in [0.4, 0.5) is 0 Å². The molecular weight excluding hydrogens is 452 g/mol. The molecule has 2 aromatic heterocycles. The van der Waals surface area contributed by atoms with Crippen LogP contribution >= 0.6 is 0 Å². The largest absolute Gasteiger partial charge is 0.472 e. The molecule has 36 heavy (non-hydrogen) atoms. The van der Waals surface area contributed by atoms with Gasteiger partial charge in [0.15, 0.2) is 0 Å². The Balaban J connectivity index is 1.63. The number of hydrogen-bond donors (Lipinski definition) is 1. The van der Waals surface area contributed by atoms with Crippen molar-refractivity contribution in [2.75, 3.05) is 26.7 Å². The van der Waals surface area contributed by atoms with E-state index in [9.17, 15) is 9.90 Å². The Morgan fingerprint density at radius 2 is 1.94 bits per heavy atom. The third-order valence-electron chi connectivity index (χ3n) is 6.31. The van der Waals surface area contributed by atoms with Crippen LogP contribution < -0.4 is 4.74 Å². The van der Waals surface area contributed by atoms with E-state index < -0.39 is 0 Å². The molecule has 0 unspecified atom stereocenters. The quantitative estimate of drug-likeness (QED) is 0.542. The maximum atomic E-state index is 13.6. The van der Waals surface area contributed by atoms with E-state index in [0.717, 1.165) is 6.54 Å². The first-order valence-corrected chi connectivity index (χ1v) is 12.2. The predicted molar refractivity (Wildman–Crippen MR) is 138 cm³/mol. The molecule has 4 rings (SSSR count). The number of ether oxygens (including phenoxy) is 1. The number of carbonyl (C=O) groups is 1. The van der Waals surface area contributed by atoms with Gasteiger partial charge in [-0.25, -0.2) is 9.97 Å². The van der Waals surface area contributed by atoms with Crippen LogP contribution in [0.1, 0.15) is 41.0 Å². The number of nitrogens with zero attached hydrogens (tertiary/aromatic N) is 4. The number of aliphatic hydroxyl groups is 1. The Hall–Kier alpha value is -3.73. The first-order chi connectivity index (χ1) is 17.4. The summed E-state index contributed by atoms with van der Waals surface area (Å²) in [6.07, 6.45) is 3.11. The first-order valence-electron chi connectivity index (χ1n) is 12.2. The highest BCUT2D eigenvalue weighted by Crippen LogP contribution is 2.27. The molecule has 0 saturated carbocycles. The highest BCUT2D eigenvalue weighted by atomic mass is 16.5. The summed E-state index contributed by atoms with van der Waals surface area (Å²) in [6.45, 7) is 5.71. The van der Waals surface area contributed by atoms with E-state index in [2.05, 4.69) is 52.8 Å². The molecular formula is C29H32N4O3. The van der Waals surface area contributed by atoms with Crippen molar-refractivity contribution in [2.45, 2.75) is 32.5 Å². The molecule has 0 spiro atoms. The summed E-state index contributed by atoms with van der Waals surface area (Å²) < 4.78 is 6.38. The second-order valence-corrected chi connectivity index (χ2v) is 9.35. The number of hydrogen-bond acceptors (Lipinski definition) is 6. The minimum absolute atomic E-state index is 0.0275. The van der Waals surface area contributed by atoms with Gasteiger partial charge in [0.25, 0.3) is 5.91 Å². The molecule has 1 aliphatic heterocycles. The lowest BCUT2D eigenvalue weighted by molar-refractivity contribution is 0.0325. The lowest BCUT2D eigenvalue weighted by Crippen LogP contribution is -2.49. The number of aliphatic hydroxyl groups excluding tert-OH is 1. The molecule has 3 aromatic rings. The number of carbonyl (C=O) groups excluding carboxylic acids is 1. The van der Waals surface area contributed by atoms with Crippen LogP contribution in [0.15, 0.2) is 67.0 Å². The van der Waals surface area contributed by atoms with Crippen molar-refractivity contribution in [3.63, 3.8) is 0 Å². The fourth-order valence-corrected chi connectivity index (χ4v) is 4.23. The average molecular weight is 485 g/mol. The standard InChI is InChI=1S/C29H32N4O3/c1-21-17-33(22(2)20-34)29(35)26-15-24(12-13-25-11-7-8-14-30-25)16-31-28(26)36-27(21)19-32(3)18-23-9-5-4-6-10-23/h4-11,14-16,21-22,27,34H,17-20H2,1-3H3/t21-,22-,27+/m0/s1. The lowest BCUT2D eigenvalue weighted by Gasteiger charge is -2.37. The van der Waals surface area contributed by atoms with Crippen molar-refractivity contribution in [1.29, 1.82) is 0 Å². The number of aromatic nitrogens is 2. The van der Waals surface area contributed by atoms with E-state index in [-0.39, 0.29) is 30.6 Å². The van der Waals surface area contributed by atoms with E-state index >= 15 is 0 Å². The molecule has 186 valence electrons. The second kappa shape index (κ2) is 11.8.